The van der Waals surface area contributed by atoms with Crippen LogP contribution in [0.15, 0.2) is 36.4 Å². The van der Waals surface area contributed by atoms with Crippen LogP contribution in [0.5, 0.6) is 5.75 Å². The molecule has 0 saturated heterocycles. The average Bonchev–Trinajstić information content (AvgIpc) is 3.12. The van der Waals surface area contributed by atoms with E-state index >= 15 is 0 Å². The second-order valence-electron chi connectivity index (χ2n) is 6.40. The van der Waals surface area contributed by atoms with E-state index in [4.69, 9.17) is 21.1 Å². The molecule has 3 rings (SSSR count). The largest absolute Gasteiger partial charge is 0.487 e. The third-order valence-electron chi connectivity index (χ3n) is 4.59. The minimum atomic E-state index is -0.262. The molecule has 0 fully saturated rings. The number of hydrogen-bond acceptors (Lipinski definition) is 4. The van der Waals surface area contributed by atoms with Crippen LogP contribution in [-0.4, -0.2) is 38.7 Å². The van der Waals surface area contributed by atoms with Gasteiger partial charge in [0.1, 0.15) is 6.61 Å². The summed E-state index contributed by atoms with van der Waals surface area (Å²) in [5.74, 6) is 0.241. The van der Waals surface area contributed by atoms with Gasteiger partial charge in [0.15, 0.2) is 5.75 Å². The van der Waals surface area contributed by atoms with E-state index in [-0.39, 0.29) is 11.8 Å². The fourth-order valence-corrected chi connectivity index (χ4v) is 3.40. The molecule has 0 radical (unpaired) electrons. The number of nitrogens with one attached hydrogen (secondary N) is 1. The Labute approximate surface area is 169 Å². The van der Waals surface area contributed by atoms with E-state index in [1.165, 1.54) is 0 Å². The highest BCUT2D eigenvalue weighted by Gasteiger charge is 2.24. The van der Waals surface area contributed by atoms with E-state index < -0.39 is 0 Å². The molecule has 2 aromatic rings. The molecule has 2 amide bonds. The maximum atomic E-state index is 12.8. The van der Waals surface area contributed by atoms with Crippen LogP contribution in [0.4, 0.5) is 11.4 Å². The zero-order valence-corrected chi connectivity index (χ0v) is 16.7. The van der Waals surface area contributed by atoms with Gasteiger partial charge in [0, 0.05) is 31.3 Å². The number of ether oxygens (including phenoxy) is 2. The first-order chi connectivity index (χ1) is 13.5. The minimum Gasteiger partial charge on any atom is -0.487 e. The van der Waals surface area contributed by atoms with Gasteiger partial charge in [-0.05, 0) is 42.3 Å². The molecular weight excluding hydrogens is 380 g/mol. The number of benzene rings is 2. The van der Waals surface area contributed by atoms with Crippen molar-refractivity contribution in [2.75, 3.05) is 37.1 Å². The van der Waals surface area contributed by atoms with Crippen molar-refractivity contribution in [3.05, 3.63) is 52.5 Å². The van der Waals surface area contributed by atoms with E-state index in [1.54, 1.807) is 36.3 Å². The summed E-state index contributed by atoms with van der Waals surface area (Å²) in [7, 11) is 1.59. The van der Waals surface area contributed by atoms with Crippen LogP contribution < -0.4 is 15.0 Å². The second-order valence-corrected chi connectivity index (χ2v) is 6.81. The predicted molar refractivity (Wildman–Crippen MR) is 110 cm³/mol. The highest BCUT2D eigenvalue weighted by Crippen LogP contribution is 2.34. The first kappa shape index (κ1) is 20.2. The first-order valence-electron chi connectivity index (χ1n) is 9.20. The first-order valence-corrected chi connectivity index (χ1v) is 9.57. The molecule has 2 aromatic carbocycles. The Hall–Kier alpha value is -2.57. The van der Waals surface area contributed by atoms with E-state index in [9.17, 15) is 9.59 Å². The number of carbonyl (C=O) groups is 2. The van der Waals surface area contributed by atoms with Gasteiger partial charge in [0.25, 0.3) is 5.91 Å². The van der Waals surface area contributed by atoms with Gasteiger partial charge in [-0.3, -0.25) is 9.59 Å². The van der Waals surface area contributed by atoms with Gasteiger partial charge < -0.3 is 19.7 Å². The van der Waals surface area contributed by atoms with Crippen LogP contribution in [0.2, 0.25) is 5.02 Å². The third kappa shape index (κ3) is 4.29. The molecule has 0 aliphatic carbocycles. The number of rotatable bonds is 7. The SMILES string of the molecule is CCC(=O)N1CCc2cc(C(=O)Nc3cccc(Cl)c3OCCOC)ccc21. The van der Waals surface area contributed by atoms with Gasteiger partial charge >= 0.3 is 0 Å². The lowest BCUT2D eigenvalue weighted by atomic mass is 10.1. The number of anilines is 2. The number of amides is 2. The van der Waals surface area contributed by atoms with E-state index in [0.717, 1.165) is 17.7 Å². The molecule has 1 aliphatic heterocycles. The lowest BCUT2D eigenvalue weighted by molar-refractivity contribution is -0.118. The highest BCUT2D eigenvalue weighted by atomic mass is 35.5. The summed E-state index contributed by atoms with van der Waals surface area (Å²) >= 11 is 6.22. The minimum absolute atomic E-state index is 0.0905. The summed E-state index contributed by atoms with van der Waals surface area (Å²) < 4.78 is 10.6. The Bertz CT molecular complexity index is 885. The molecule has 7 heteroatoms. The number of methoxy groups -OCH3 is 1. The van der Waals surface area contributed by atoms with Crippen molar-refractivity contribution >= 4 is 34.8 Å². The maximum absolute atomic E-state index is 12.8. The zero-order chi connectivity index (χ0) is 20.1. The number of carbonyl (C=O) groups excluding carboxylic acids is 2. The normalized spacial score (nSPS) is 12.6. The summed E-state index contributed by atoms with van der Waals surface area (Å²) in [4.78, 5) is 26.6. The Morgan fingerprint density at radius 1 is 1.21 bits per heavy atom. The standard InChI is InChI=1S/C21H23ClN2O4/c1-3-19(25)24-10-9-14-13-15(7-8-18(14)24)21(26)23-17-6-4-5-16(22)20(17)28-12-11-27-2/h4-8,13H,3,9-12H2,1-2H3,(H,23,26). The quantitative estimate of drug-likeness (QED) is 0.713. The molecule has 148 valence electrons. The smallest absolute Gasteiger partial charge is 0.255 e. The van der Waals surface area contributed by atoms with Crippen molar-refractivity contribution in [1.29, 1.82) is 0 Å². The molecule has 0 unspecified atom stereocenters. The van der Waals surface area contributed by atoms with Crippen LogP contribution in [0.1, 0.15) is 29.3 Å². The summed E-state index contributed by atoms with van der Waals surface area (Å²) in [6.45, 7) is 3.23. The van der Waals surface area contributed by atoms with Crippen molar-refractivity contribution in [2.45, 2.75) is 19.8 Å². The summed E-state index contributed by atoms with van der Waals surface area (Å²) in [6, 6.07) is 10.6. The molecule has 1 heterocycles. The molecule has 0 bridgehead atoms. The van der Waals surface area contributed by atoms with Gasteiger partial charge in [-0.25, -0.2) is 0 Å². The molecule has 0 aromatic heterocycles. The summed E-state index contributed by atoms with van der Waals surface area (Å²) in [5, 5.41) is 3.27. The van der Waals surface area contributed by atoms with Gasteiger partial charge in [-0.1, -0.05) is 24.6 Å². The fourth-order valence-electron chi connectivity index (χ4n) is 3.17. The van der Waals surface area contributed by atoms with Crippen molar-refractivity contribution in [2.24, 2.45) is 0 Å². The van der Waals surface area contributed by atoms with Crippen molar-refractivity contribution in [3.8, 4) is 5.75 Å². The number of hydrogen-bond donors (Lipinski definition) is 1. The molecule has 28 heavy (non-hydrogen) atoms. The molecule has 1 N–H and O–H groups in total. The summed E-state index contributed by atoms with van der Waals surface area (Å²) in [5.41, 5.74) is 2.90. The van der Waals surface area contributed by atoms with Crippen LogP contribution in [0.25, 0.3) is 0 Å². The van der Waals surface area contributed by atoms with Crippen LogP contribution in [0, 0.1) is 0 Å². The van der Waals surface area contributed by atoms with Crippen LogP contribution in [0.3, 0.4) is 0 Å². The lowest BCUT2D eigenvalue weighted by Gasteiger charge is -2.17. The molecule has 0 atom stereocenters. The van der Waals surface area contributed by atoms with Gasteiger partial charge in [0.2, 0.25) is 5.91 Å². The highest BCUT2D eigenvalue weighted by molar-refractivity contribution is 6.32. The van der Waals surface area contributed by atoms with E-state index in [0.29, 0.717) is 48.2 Å². The van der Waals surface area contributed by atoms with E-state index in [2.05, 4.69) is 5.32 Å². The molecule has 6 nitrogen and oxygen atoms in total. The van der Waals surface area contributed by atoms with Crippen molar-refractivity contribution in [3.63, 3.8) is 0 Å². The Balaban J connectivity index is 1.78. The molecule has 1 aliphatic rings. The Kier molecular flexibility index (Phi) is 6.54. The molecular formula is C21H23ClN2O4. The van der Waals surface area contributed by atoms with Gasteiger partial charge in [-0.15, -0.1) is 0 Å². The maximum Gasteiger partial charge on any atom is 0.255 e. The topological polar surface area (TPSA) is 67.9 Å². The van der Waals surface area contributed by atoms with Gasteiger partial charge in [-0.2, -0.15) is 0 Å². The van der Waals surface area contributed by atoms with Gasteiger partial charge in [0.05, 0.1) is 17.3 Å². The monoisotopic (exact) mass is 402 g/mol. The lowest BCUT2D eigenvalue weighted by Crippen LogP contribution is -2.27. The molecule has 0 spiro atoms. The molecule has 0 saturated carbocycles. The van der Waals surface area contributed by atoms with Crippen molar-refractivity contribution < 1.29 is 19.1 Å². The number of nitrogens with zero attached hydrogens (tertiary/aromatic N) is 1. The summed E-state index contributed by atoms with van der Waals surface area (Å²) in [6.07, 6.45) is 1.20. The number of para-hydroxylation sites is 1. The Morgan fingerprint density at radius 3 is 2.79 bits per heavy atom. The van der Waals surface area contributed by atoms with Crippen LogP contribution >= 0.6 is 11.6 Å². The Morgan fingerprint density at radius 2 is 2.04 bits per heavy atom. The van der Waals surface area contributed by atoms with E-state index in [1.807, 2.05) is 19.1 Å². The third-order valence-corrected chi connectivity index (χ3v) is 4.89. The van der Waals surface area contributed by atoms with Crippen molar-refractivity contribution in [1.82, 2.24) is 0 Å². The second kappa shape index (κ2) is 9.08. The average molecular weight is 403 g/mol. The zero-order valence-electron chi connectivity index (χ0n) is 16.0. The fraction of sp³-hybridized carbons (Fsp3) is 0.333. The predicted octanol–water partition coefficient (Wildman–Crippen LogP) is 3.92. The van der Waals surface area contributed by atoms with Crippen LogP contribution in [-0.2, 0) is 16.0 Å². The number of halogens is 1. The number of fused-ring (bicyclic) bond motifs is 1.